The van der Waals surface area contributed by atoms with Gasteiger partial charge in [-0.05, 0) is 59.0 Å². The molecule has 1 heterocycles. The number of fused-ring (bicyclic) bond motifs is 1. The number of carboxylic acid groups (broad SMARTS) is 1. The van der Waals surface area contributed by atoms with Gasteiger partial charge in [-0.2, -0.15) is 0 Å². The lowest BCUT2D eigenvalue weighted by atomic mass is 9.85. The largest absolute Gasteiger partial charge is 0.496 e. The van der Waals surface area contributed by atoms with Gasteiger partial charge in [0.1, 0.15) is 22.8 Å². The lowest BCUT2D eigenvalue weighted by Crippen LogP contribution is -2.23. The molecular weight excluding hydrogens is 612 g/mol. The van der Waals surface area contributed by atoms with Crippen LogP contribution in [0, 0.1) is 0 Å². The number of carboxylic acids is 1. The number of aromatic carboxylic acids is 1. The zero-order chi connectivity index (χ0) is 34.6. The van der Waals surface area contributed by atoms with Crippen molar-refractivity contribution in [1.82, 2.24) is 4.98 Å². The highest BCUT2D eigenvalue weighted by Crippen LogP contribution is 2.37. The van der Waals surface area contributed by atoms with Crippen molar-refractivity contribution < 1.29 is 33.7 Å². The maximum Gasteiger partial charge on any atom is 0.339 e. The molecular formula is C37H36N4O7. The minimum atomic E-state index is -1.06. The summed E-state index contributed by atoms with van der Waals surface area (Å²) in [6.07, 6.45) is 2.07. The molecule has 5 aromatic rings. The van der Waals surface area contributed by atoms with E-state index in [4.69, 9.17) is 19.9 Å². The first-order valence-electron chi connectivity index (χ1n) is 15.0. The van der Waals surface area contributed by atoms with Gasteiger partial charge >= 0.3 is 12.0 Å². The second-order valence-corrected chi connectivity index (χ2v) is 12.1. The first-order valence-corrected chi connectivity index (χ1v) is 15.0. The SMILES string of the molecule is COc1cc(Cc2cc(Oc3ccc(NC(=O)Nc4cc(C(C)(C)C)cc(C(N)=O)c4OC)c4ccccc34)ccn2)ccc1C(=O)O. The van der Waals surface area contributed by atoms with Crippen LogP contribution in [-0.4, -0.2) is 42.2 Å². The third-order valence-corrected chi connectivity index (χ3v) is 7.70. The molecule has 5 rings (SSSR count). The highest BCUT2D eigenvalue weighted by atomic mass is 16.5. The normalized spacial score (nSPS) is 11.1. The van der Waals surface area contributed by atoms with E-state index in [1.807, 2.05) is 51.1 Å². The zero-order valence-electron chi connectivity index (χ0n) is 27.2. The molecule has 11 nitrogen and oxygen atoms in total. The number of primary amides is 1. The van der Waals surface area contributed by atoms with Crippen molar-refractivity contribution in [2.24, 2.45) is 5.73 Å². The molecule has 0 aliphatic heterocycles. The number of methoxy groups -OCH3 is 2. The third kappa shape index (κ3) is 7.31. The van der Waals surface area contributed by atoms with Crippen LogP contribution in [0.4, 0.5) is 16.2 Å². The molecule has 48 heavy (non-hydrogen) atoms. The van der Waals surface area contributed by atoms with Crippen molar-refractivity contribution >= 4 is 40.1 Å². The predicted octanol–water partition coefficient (Wildman–Crippen LogP) is 7.37. The fraction of sp³-hybridized carbons (Fsp3) is 0.189. The number of pyridine rings is 1. The van der Waals surface area contributed by atoms with Gasteiger partial charge in [-0.1, -0.05) is 51.1 Å². The molecule has 0 bridgehead atoms. The van der Waals surface area contributed by atoms with Gasteiger partial charge in [0.25, 0.3) is 5.91 Å². The first-order chi connectivity index (χ1) is 22.9. The number of anilines is 2. The number of carbonyl (C=O) groups is 3. The number of carbonyl (C=O) groups excluding carboxylic acids is 2. The lowest BCUT2D eigenvalue weighted by molar-refractivity contribution is 0.0693. The van der Waals surface area contributed by atoms with E-state index in [0.717, 1.165) is 21.9 Å². The molecule has 3 amide bonds. The summed E-state index contributed by atoms with van der Waals surface area (Å²) in [5.74, 6) is -0.174. The summed E-state index contributed by atoms with van der Waals surface area (Å²) in [6.45, 7) is 5.97. The maximum atomic E-state index is 13.3. The van der Waals surface area contributed by atoms with E-state index in [1.165, 1.54) is 20.3 Å². The Morgan fingerprint density at radius 3 is 2.21 bits per heavy atom. The summed E-state index contributed by atoms with van der Waals surface area (Å²) in [4.78, 5) is 41.5. The van der Waals surface area contributed by atoms with E-state index >= 15 is 0 Å². The maximum absolute atomic E-state index is 13.3. The Hall–Kier alpha value is -6.10. The van der Waals surface area contributed by atoms with Crippen LogP contribution in [0.3, 0.4) is 0 Å². The van der Waals surface area contributed by atoms with Gasteiger partial charge in [-0.3, -0.25) is 9.78 Å². The molecule has 0 atom stereocenters. The van der Waals surface area contributed by atoms with Crippen molar-refractivity contribution in [3.63, 3.8) is 0 Å². The van der Waals surface area contributed by atoms with E-state index < -0.39 is 17.9 Å². The Morgan fingerprint density at radius 2 is 1.54 bits per heavy atom. The van der Waals surface area contributed by atoms with Crippen LogP contribution >= 0.6 is 0 Å². The number of ether oxygens (including phenoxy) is 3. The Kier molecular flexibility index (Phi) is 9.51. The standard InChI is InChI=1S/C37H36N4O7/c1-37(2,3)22-18-28(34(38)42)33(47-5)30(19-22)41-36(45)40-29-12-13-31(26-9-7-6-8-25(26)29)48-24-14-15-39-23(20-24)16-21-10-11-27(35(43)44)32(17-21)46-4/h6-15,17-20H,16H2,1-5H3,(H2,38,42)(H,43,44)(H2,40,41,45). The highest BCUT2D eigenvalue weighted by molar-refractivity contribution is 6.09. The van der Waals surface area contributed by atoms with Gasteiger partial charge in [-0.15, -0.1) is 0 Å². The van der Waals surface area contributed by atoms with Gasteiger partial charge in [0.15, 0.2) is 5.75 Å². The summed E-state index contributed by atoms with van der Waals surface area (Å²) < 4.78 is 17.0. The van der Waals surface area contributed by atoms with E-state index in [2.05, 4.69) is 15.6 Å². The summed E-state index contributed by atoms with van der Waals surface area (Å²) in [5, 5.41) is 16.6. The average molecular weight is 649 g/mol. The third-order valence-electron chi connectivity index (χ3n) is 7.70. The van der Waals surface area contributed by atoms with E-state index in [1.54, 1.807) is 48.7 Å². The van der Waals surface area contributed by atoms with Crippen LogP contribution in [0.15, 0.2) is 85.1 Å². The minimum Gasteiger partial charge on any atom is -0.496 e. The van der Waals surface area contributed by atoms with Crippen LogP contribution in [0.25, 0.3) is 10.8 Å². The monoisotopic (exact) mass is 648 g/mol. The molecule has 0 saturated heterocycles. The topological polar surface area (TPSA) is 162 Å². The quantitative estimate of drug-likeness (QED) is 0.122. The van der Waals surface area contributed by atoms with Crippen LogP contribution < -0.4 is 30.6 Å². The molecule has 4 aromatic carbocycles. The number of nitrogens with two attached hydrogens (primary N) is 1. The van der Waals surface area contributed by atoms with Crippen molar-refractivity contribution in [1.29, 1.82) is 0 Å². The lowest BCUT2D eigenvalue weighted by Gasteiger charge is -2.23. The number of hydrogen-bond donors (Lipinski definition) is 4. The fourth-order valence-corrected chi connectivity index (χ4v) is 5.28. The molecule has 246 valence electrons. The Labute approximate surface area is 277 Å². The number of rotatable bonds is 10. The van der Waals surface area contributed by atoms with Crippen LogP contribution in [0.5, 0.6) is 23.0 Å². The molecule has 0 fully saturated rings. The number of nitrogens with one attached hydrogen (secondary N) is 2. The number of nitrogens with zero attached hydrogens (tertiary/aromatic N) is 1. The summed E-state index contributed by atoms with van der Waals surface area (Å²) in [6, 6.07) is 22.4. The number of amides is 3. The van der Waals surface area contributed by atoms with E-state index in [0.29, 0.717) is 35.0 Å². The van der Waals surface area contributed by atoms with Crippen LogP contribution in [0.1, 0.15) is 58.3 Å². The number of urea groups is 1. The van der Waals surface area contributed by atoms with Crippen molar-refractivity contribution in [2.45, 2.75) is 32.6 Å². The summed E-state index contributed by atoms with van der Waals surface area (Å²) in [5.41, 5.74) is 8.75. The molecule has 0 aliphatic carbocycles. The van der Waals surface area contributed by atoms with Crippen molar-refractivity contribution in [3.05, 3.63) is 113 Å². The molecule has 11 heteroatoms. The highest BCUT2D eigenvalue weighted by Gasteiger charge is 2.23. The second-order valence-electron chi connectivity index (χ2n) is 12.1. The van der Waals surface area contributed by atoms with Crippen LogP contribution in [0.2, 0.25) is 0 Å². The van der Waals surface area contributed by atoms with Crippen LogP contribution in [-0.2, 0) is 11.8 Å². The van der Waals surface area contributed by atoms with Gasteiger partial charge in [0.2, 0.25) is 0 Å². The second kappa shape index (κ2) is 13.7. The van der Waals surface area contributed by atoms with Gasteiger partial charge in [-0.25, -0.2) is 9.59 Å². The summed E-state index contributed by atoms with van der Waals surface area (Å²) in [7, 11) is 2.84. The molecule has 1 aromatic heterocycles. The van der Waals surface area contributed by atoms with E-state index in [9.17, 15) is 19.5 Å². The van der Waals surface area contributed by atoms with E-state index in [-0.39, 0.29) is 28.0 Å². The molecule has 5 N–H and O–H groups in total. The molecule has 0 aliphatic rings. The van der Waals surface area contributed by atoms with Gasteiger partial charge in [0.05, 0.1) is 31.2 Å². The van der Waals surface area contributed by atoms with Crippen molar-refractivity contribution in [2.75, 3.05) is 24.9 Å². The minimum absolute atomic E-state index is 0.0836. The Morgan fingerprint density at radius 1 is 0.812 bits per heavy atom. The number of benzene rings is 4. The Bertz CT molecular complexity index is 2040. The smallest absolute Gasteiger partial charge is 0.339 e. The average Bonchev–Trinajstić information content (AvgIpc) is 3.05. The fourth-order valence-electron chi connectivity index (χ4n) is 5.28. The molecule has 0 radical (unpaired) electrons. The zero-order valence-corrected chi connectivity index (χ0v) is 27.2. The first kappa shape index (κ1) is 33.3. The van der Waals surface area contributed by atoms with Crippen molar-refractivity contribution in [3.8, 4) is 23.0 Å². The van der Waals surface area contributed by atoms with Gasteiger partial charge < -0.3 is 35.7 Å². The Balaban J connectivity index is 1.38. The summed E-state index contributed by atoms with van der Waals surface area (Å²) >= 11 is 0. The molecule has 0 spiro atoms. The number of hydrogen-bond acceptors (Lipinski definition) is 7. The van der Waals surface area contributed by atoms with Gasteiger partial charge in [0, 0.05) is 35.2 Å². The molecule has 0 saturated carbocycles. The molecule has 0 unspecified atom stereocenters. The number of aromatic nitrogens is 1. The predicted molar refractivity (Wildman–Crippen MR) is 184 cm³/mol.